The molecular formula is C14H21N5O2S. The highest BCUT2D eigenvalue weighted by Gasteiger charge is 2.17. The second kappa shape index (κ2) is 8.09. The number of hydrogen-bond donors (Lipinski definition) is 2. The van der Waals surface area contributed by atoms with E-state index in [4.69, 9.17) is 4.74 Å². The second-order valence-electron chi connectivity index (χ2n) is 5.10. The minimum absolute atomic E-state index is 0.0131. The predicted molar refractivity (Wildman–Crippen MR) is 85.7 cm³/mol. The Bertz CT molecular complexity index is 616. The molecule has 0 aliphatic rings. The van der Waals surface area contributed by atoms with E-state index in [9.17, 15) is 4.79 Å². The Hall–Kier alpha value is -1.67. The fourth-order valence-corrected chi connectivity index (χ4v) is 2.70. The molecule has 2 aromatic rings. The number of H-pyrrole nitrogens is 1. The van der Waals surface area contributed by atoms with Gasteiger partial charge in [0.05, 0.1) is 17.7 Å². The molecule has 0 spiro atoms. The zero-order valence-corrected chi connectivity index (χ0v) is 13.8. The summed E-state index contributed by atoms with van der Waals surface area (Å²) in [6.45, 7) is 7.11. The Morgan fingerprint density at radius 1 is 1.36 bits per heavy atom. The minimum Gasteiger partial charge on any atom is -0.379 e. The molecule has 2 N–H and O–H groups in total. The van der Waals surface area contributed by atoms with Gasteiger partial charge in [-0.15, -0.1) is 0 Å². The average Bonchev–Trinajstić information content (AvgIpc) is 2.95. The fraction of sp³-hybridized carbons (Fsp3) is 0.571. The van der Waals surface area contributed by atoms with Gasteiger partial charge in [-0.3, -0.25) is 4.79 Å². The SMILES string of the molecule is CC(C)OCCCNC(=O)[C@@H](C)Sc1ncnc2nc[nH]c12. The van der Waals surface area contributed by atoms with Crippen LogP contribution in [0.1, 0.15) is 27.2 Å². The van der Waals surface area contributed by atoms with Crippen LogP contribution in [0.3, 0.4) is 0 Å². The van der Waals surface area contributed by atoms with Crippen LogP contribution in [0, 0.1) is 0 Å². The van der Waals surface area contributed by atoms with Crippen molar-refractivity contribution in [3.05, 3.63) is 12.7 Å². The predicted octanol–water partition coefficient (Wildman–Crippen LogP) is 1.76. The Labute approximate surface area is 133 Å². The zero-order valence-electron chi connectivity index (χ0n) is 13.0. The number of thioether (sulfide) groups is 1. The number of amides is 1. The van der Waals surface area contributed by atoms with Crippen molar-refractivity contribution in [1.29, 1.82) is 0 Å². The number of fused-ring (bicyclic) bond motifs is 1. The summed E-state index contributed by atoms with van der Waals surface area (Å²) in [5.74, 6) is -0.0131. The number of rotatable bonds is 8. The largest absolute Gasteiger partial charge is 0.379 e. The summed E-state index contributed by atoms with van der Waals surface area (Å²) in [5, 5.41) is 3.40. The lowest BCUT2D eigenvalue weighted by Crippen LogP contribution is -2.32. The number of hydrogen-bond acceptors (Lipinski definition) is 6. The summed E-state index contributed by atoms with van der Waals surface area (Å²) < 4.78 is 5.43. The lowest BCUT2D eigenvalue weighted by atomic mass is 10.4. The summed E-state index contributed by atoms with van der Waals surface area (Å²) in [7, 11) is 0. The lowest BCUT2D eigenvalue weighted by Gasteiger charge is -2.12. The molecule has 0 bridgehead atoms. The molecule has 0 unspecified atom stereocenters. The van der Waals surface area contributed by atoms with Gasteiger partial charge in [0.15, 0.2) is 5.65 Å². The number of imidazole rings is 1. The van der Waals surface area contributed by atoms with Gasteiger partial charge in [-0.2, -0.15) is 0 Å². The normalized spacial score (nSPS) is 12.7. The maximum Gasteiger partial charge on any atom is 0.233 e. The molecule has 1 amide bonds. The Morgan fingerprint density at radius 3 is 2.95 bits per heavy atom. The standard InChI is InChI=1S/C14H21N5O2S/c1-9(2)21-6-4-5-15-13(20)10(3)22-14-11-12(17-7-16-11)18-8-19-14/h7-10H,4-6H2,1-3H3,(H,15,20)(H,16,17,18,19)/t10-/m1/s1. The summed E-state index contributed by atoms with van der Waals surface area (Å²) in [6.07, 6.45) is 4.06. The third-order valence-electron chi connectivity index (χ3n) is 2.92. The molecule has 8 heteroatoms. The van der Waals surface area contributed by atoms with Crippen LogP contribution in [-0.2, 0) is 9.53 Å². The Morgan fingerprint density at radius 2 is 2.18 bits per heavy atom. The molecule has 1 atom stereocenters. The first kappa shape index (κ1) is 16.7. The number of aromatic amines is 1. The summed E-state index contributed by atoms with van der Waals surface area (Å²) >= 11 is 1.39. The number of nitrogens with one attached hydrogen (secondary N) is 2. The molecule has 0 aliphatic heterocycles. The first-order valence-electron chi connectivity index (χ1n) is 7.28. The highest BCUT2D eigenvalue weighted by molar-refractivity contribution is 8.00. The van der Waals surface area contributed by atoms with Crippen LogP contribution in [0.2, 0.25) is 0 Å². The van der Waals surface area contributed by atoms with Gasteiger partial charge in [-0.1, -0.05) is 11.8 Å². The second-order valence-corrected chi connectivity index (χ2v) is 6.43. The van der Waals surface area contributed by atoms with E-state index in [0.29, 0.717) is 18.8 Å². The zero-order chi connectivity index (χ0) is 15.9. The highest BCUT2D eigenvalue weighted by Crippen LogP contribution is 2.25. The van der Waals surface area contributed by atoms with Crippen LogP contribution in [0.5, 0.6) is 0 Å². The first-order valence-corrected chi connectivity index (χ1v) is 8.16. The molecule has 22 heavy (non-hydrogen) atoms. The molecule has 0 aliphatic carbocycles. The minimum atomic E-state index is -0.243. The van der Waals surface area contributed by atoms with Gasteiger partial charge in [-0.05, 0) is 27.2 Å². The molecular weight excluding hydrogens is 302 g/mol. The van der Waals surface area contributed by atoms with Gasteiger partial charge >= 0.3 is 0 Å². The van der Waals surface area contributed by atoms with Crippen LogP contribution in [0.4, 0.5) is 0 Å². The van der Waals surface area contributed by atoms with Gasteiger partial charge in [0.1, 0.15) is 16.9 Å². The van der Waals surface area contributed by atoms with E-state index in [-0.39, 0.29) is 17.3 Å². The van der Waals surface area contributed by atoms with Crippen LogP contribution in [0.25, 0.3) is 11.2 Å². The summed E-state index contributed by atoms with van der Waals surface area (Å²) in [4.78, 5) is 27.4. The third-order valence-corrected chi connectivity index (χ3v) is 4.02. The van der Waals surface area contributed by atoms with E-state index in [1.807, 2.05) is 20.8 Å². The maximum atomic E-state index is 12.1. The number of nitrogens with zero attached hydrogens (tertiary/aromatic N) is 3. The van der Waals surface area contributed by atoms with E-state index in [1.54, 1.807) is 6.33 Å². The fourth-order valence-electron chi connectivity index (χ4n) is 1.80. The monoisotopic (exact) mass is 323 g/mol. The van der Waals surface area contributed by atoms with E-state index < -0.39 is 0 Å². The van der Waals surface area contributed by atoms with E-state index in [2.05, 4.69) is 25.3 Å². The van der Waals surface area contributed by atoms with Crippen LogP contribution >= 0.6 is 11.8 Å². The molecule has 0 saturated heterocycles. The molecule has 0 aromatic carbocycles. The molecule has 0 saturated carbocycles. The molecule has 2 heterocycles. The van der Waals surface area contributed by atoms with Crippen molar-refractivity contribution in [2.45, 2.75) is 43.6 Å². The summed E-state index contributed by atoms with van der Waals surface area (Å²) in [6, 6.07) is 0. The summed E-state index contributed by atoms with van der Waals surface area (Å²) in [5.41, 5.74) is 1.37. The van der Waals surface area contributed by atoms with Gasteiger partial charge in [0.25, 0.3) is 0 Å². The van der Waals surface area contributed by atoms with E-state index in [1.165, 1.54) is 18.1 Å². The lowest BCUT2D eigenvalue weighted by molar-refractivity contribution is -0.120. The Balaban J connectivity index is 1.80. The van der Waals surface area contributed by atoms with Crippen molar-refractivity contribution in [3.63, 3.8) is 0 Å². The smallest absolute Gasteiger partial charge is 0.233 e. The molecule has 120 valence electrons. The van der Waals surface area contributed by atoms with Crippen molar-refractivity contribution in [3.8, 4) is 0 Å². The molecule has 0 radical (unpaired) electrons. The van der Waals surface area contributed by atoms with Crippen LogP contribution in [-0.4, -0.2) is 50.3 Å². The number of carbonyl (C=O) groups is 1. The van der Waals surface area contributed by atoms with Crippen LogP contribution in [0.15, 0.2) is 17.7 Å². The quantitative estimate of drug-likeness (QED) is 0.437. The molecule has 2 rings (SSSR count). The number of carbonyl (C=O) groups excluding carboxylic acids is 1. The number of ether oxygens (including phenoxy) is 1. The van der Waals surface area contributed by atoms with Crippen molar-refractivity contribution >= 4 is 28.8 Å². The van der Waals surface area contributed by atoms with Gasteiger partial charge in [0, 0.05) is 13.2 Å². The van der Waals surface area contributed by atoms with Crippen molar-refractivity contribution < 1.29 is 9.53 Å². The highest BCUT2D eigenvalue weighted by atomic mass is 32.2. The topological polar surface area (TPSA) is 92.8 Å². The maximum absolute atomic E-state index is 12.1. The van der Waals surface area contributed by atoms with Gasteiger partial charge in [0.2, 0.25) is 5.91 Å². The first-order chi connectivity index (χ1) is 10.6. The van der Waals surface area contributed by atoms with Crippen molar-refractivity contribution in [2.75, 3.05) is 13.2 Å². The van der Waals surface area contributed by atoms with E-state index >= 15 is 0 Å². The Kier molecular flexibility index (Phi) is 6.14. The average molecular weight is 323 g/mol. The van der Waals surface area contributed by atoms with Gasteiger partial charge < -0.3 is 15.0 Å². The van der Waals surface area contributed by atoms with Crippen LogP contribution < -0.4 is 5.32 Å². The van der Waals surface area contributed by atoms with Crippen molar-refractivity contribution in [1.82, 2.24) is 25.3 Å². The molecule has 0 fully saturated rings. The number of aromatic nitrogens is 4. The van der Waals surface area contributed by atoms with Crippen molar-refractivity contribution in [2.24, 2.45) is 0 Å². The molecule has 7 nitrogen and oxygen atoms in total. The molecule has 2 aromatic heterocycles. The van der Waals surface area contributed by atoms with Gasteiger partial charge in [-0.25, -0.2) is 15.0 Å². The van der Waals surface area contributed by atoms with E-state index in [0.717, 1.165) is 17.0 Å². The third kappa shape index (κ3) is 4.67.